The minimum absolute atomic E-state index is 0.0509. The summed E-state index contributed by atoms with van der Waals surface area (Å²) in [5.41, 5.74) is 1.86. The molecule has 0 aromatic heterocycles. The number of nitrogens with zero attached hydrogens (tertiary/aromatic N) is 1. The molecule has 0 N–H and O–H groups in total. The smallest absolute Gasteiger partial charge is 0.237 e. The second-order valence-electron chi connectivity index (χ2n) is 2.70. The summed E-state index contributed by atoms with van der Waals surface area (Å²) in [6.45, 7) is 5.66. The van der Waals surface area contributed by atoms with E-state index >= 15 is 0 Å². The van der Waals surface area contributed by atoms with Crippen molar-refractivity contribution in [3.63, 3.8) is 0 Å². The highest BCUT2D eigenvalue weighted by Gasteiger charge is 2.27. The molecule has 0 saturated carbocycles. The van der Waals surface area contributed by atoms with Gasteiger partial charge in [0.1, 0.15) is 0 Å². The van der Waals surface area contributed by atoms with Crippen molar-refractivity contribution >= 4 is 13.9 Å². The highest BCUT2D eigenvalue weighted by Crippen LogP contribution is 2.22. The van der Waals surface area contributed by atoms with Gasteiger partial charge in [0.25, 0.3) is 0 Å². The van der Waals surface area contributed by atoms with Gasteiger partial charge in [0, 0.05) is 11.6 Å². The summed E-state index contributed by atoms with van der Waals surface area (Å²) in [4.78, 5) is 12.3. The average Bonchev–Trinajstić information content (AvgIpc) is 2.07. The highest BCUT2D eigenvalue weighted by atomic mass is 16.2. The van der Waals surface area contributed by atoms with Gasteiger partial charge in [-0.15, -0.1) is 0 Å². The summed E-state index contributed by atoms with van der Waals surface area (Å²) >= 11 is 0. The van der Waals surface area contributed by atoms with Crippen LogP contribution in [-0.2, 0) is 4.79 Å². The van der Waals surface area contributed by atoms with Crippen molar-refractivity contribution in [1.29, 1.82) is 0 Å². The number of hydrogen-bond donors (Lipinski definition) is 0. The van der Waals surface area contributed by atoms with E-state index in [2.05, 4.69) is 0 Å². The summed E-state index contributed by atoms with van der Waals surface area (Å²) in [5, 5.41) is 0. The van der Waals surface area contributed by atoms with E-state index in [1.54, 1.807) is 6.92 Å². The minimum Gasteiger partial charge on any atom is -0.387 e. The maximum absolute atomic E-state index is 11.1. The Labute approximate surface area is 62.3 Å². The molecule has 1 aliphatic heterocycles. The van der Waals surface area contributed by atoms with E-state index in [9.17, 15) is 4.79 Å². The van der Waals surface area contributed by atoms with Crippen LogP contribution in [0.25, 0.3) is 0 Å². The van der Waals surface area contributed by atoms with E-state index in [4.69, 9.17) is 7.98 Å². The molecule has 2 nitrogen and oxygen atoms in total. The van der Waals surface area contributed by atoms with E-state index in [-0.39, 0.29) is 11.9 Å². The fraction of sp³-hybridized carbons (Fsp3) is 0.571. The van der Waals surface area contributed by atoms with E-state index in [0.717, 1.165) is 11.1 Å². The Morgan fingerprint density at radius 2 is 2.00 bits per heavy atom. The Balaban J connectivity index is 2.99. The fourth-order valence-electron chi connectivity index (χ4n) is 1.06. The lowest BCUT2D eigenvalue weighted by Gasteiger charge is -2.17. The molecule has 52 valence electrons. The molecule has 0 spiro atoms. The van der Waals surface area contributed by atoms with Crippen molar-refractivity contribution in [2.75, 3.05) is 0 Å². The number of amides is 1. The lowest BCUT2D eigenvalue weighted by atomic mass is 10.1. The van der Waals surface area contributed by atoms with E-state index < -0.39 is 0 Å². The van der Waals surface area contributed by atoms with Gasteiger partial charge in [-0.25, -0.2) is 0 Å². The average molecular weight is 135 g/mol. The second-order valence-corrected chi connectivity index (χ2v) is 2.70. The van der Waals surface area contributed by atoms with Gasteiger partial charge in [-0.05, 0) is 26.3 Å². The quantitative estimate of drug-likeness (QED) is 0.446. The lowest BCUT2D eigenvalue weighted by molar-refractivity contribution is -0.122. The van der Waals surface area contributed by atoms with Crippen LogP contribution < -0.4 is 0 Å². The first-order valence-corrected chi connectivity index (χ1v) is 3.31. The molecule has 3 heteroatoms. The molecule has 1 unspecified atom stereocenters. The molecule has 0 bridgehead atoms. The summed E-state index contributed by atoms with van der Waals surface area (Å²) in [6.07, 6.45) is 0. The molecule has 1 aliphatic rings. The van der Waals surface area contributed by atoms with Crippen LogP contribution in [0, 0.1) is 0 Å². The number of carbonyl (C=O) groups excluding carboxylic acids is 1. The molecular formula is C7H10BNO. The van der Waals surface area contributed by atoms with Crippen LogP contribution in [-0.4, -0.2) is 24.7 Å². The number of hydrogen-bond acceptors (Lipinski definition) is 1. The molecule has 1 heterocycles. The first kappa shape index (κ1) is 7.38. The molecule has 0 aromatic carbocycles. The molecular weight excluding hydrogens is 125 g/mol. The van der Waals surface area contributed by atoms with E-state index in [0.29, 0.717) is 0 Å². The van der Waals surface area contributed by atoms with Gasteiger partial charge in [0.05, 0.1) is 0 Å². The van der Waals surface area contributed by atoms with Crippen LogP contribution in [0.5, 0.6) is 0 Å². The number of rotatable bonds is 0. The normalized spacial score (nSPS) is 26.5. The van der Waals surface area contributed by atoms with E-state index in [1.165, 1.54) is 4.81 Å². The summed E-state index contributed by atoms with van der Waals surface area (Å²) < 4.78 is 0. The van der Waals surface area contributed by atoms with Crippen LogP contribution in [0.3, 0.4) is 0 Å². The molecule has 1 rings (SSSR count). The first-order chi connectivity index (χ1) is 4.55. The highest BCUT2D eigenvalue weighted by molar-refractivity contribution is 6.20. The Bertz CT molecular complexity index is 210. The van der Waals surface area contributed by atoms with Gasteiger partial charge in [-0.2, -0.15) is 0 Å². The molecule has 0 fully saturated rings. The molecule has 0 aliphatic carbocycles. The van der Waals surface area contributed by atoms with Crippen LogP contribution >= 0.6 is 0 Å². The molecule has 1 atom stereocenters. The monoisotopic (exact) mass is 135 g/mol. The molecule has 0 aromatic rings. The first-order valence-electron chi connectivity index (χ1n) is 3.31. The lowest BCUT2D eigenvalue weighted by Crippen LogP contribution is -2.30. The van der Waals surface area contributed by atoms with Crippen LogP contribution in [0.1, 0.15) is 20.8 Å². The maximum atomic E-state index is 11.1. The van der Waals surface area contributed by atoms with Crippen molar-refractivity contribution < 1.29 is 4.79 Å². The third kappa shape index (κ3) is 0.771. The maximum Gasteiger partial charge on any atom is 0.237 e. The summed E-state index contributed by atoms with van der Waals surface area (Å²) in [5.74, 6) is -0.0509. The Morgan fingerprint density at radius 1 is 1.50 bits per heavy atom. The van der Waals surface area contributed by atoms with Gasteiger partial charge in [-0.1, -0.05) is 0 Å². The van der Waals surface area contributed by atoms with Crippen molar-refractivity contribution in [2.24, 2.45) is 0 Å². The SMILES string of the molecule is [B]N1C(=O)C(C)=C(C)C1C. The standard InChI is InChI=1S/C7H10BNO/c1-4-5(2)7(10)9(8)6(4)3/h6H,1-3H3. The van der Waals surface area contributed by atoms with Crippen molar-refractivity contribution in [1.82, 2.24) is 4.81 Å². The molecule has 1 amide bonds. The van der Waals surface area contributed by atoms with Crippen molar-refractivity contribution in [3.05, 3.63) is 11.1 Å². The molecule has 2 radical (unpaired) electrons. The zero-order valence-corrected chi connectivity index (χ0v) is 6.51. The Kier molecular flexibility index (Phi) is 1.59. The largest absolute Gasteiger partial charge is 0.387 e. The van der Waals surface area contributed by atoms with Crippen molar-refractivity contribution in [2.45, 2.75) is 26.8 Å². The Morgan fingerprint density at radius 3 is 2.10 bits per heavy atom. The molecule has 10 heavy (non-hydrogen) atoms. The zero-order valence-electron chi connectivity index (χ0n) is 6.51. The number of carbonyl (C=O) groups is 1. The van der Waals surface area contributed by atoms with Gasteiger partial charge >= 0.3 is 0 Å². The van der Waals surface area contributed by atoms with Crippen molar-refractivity contribution in [3.8, 4) is 0 Å². The summed E-state index contributed by atoms with van der Waals surface area (Å²) in [6, 6.07) is 0.0764. The van der Waals surface area contributed by atoms with Gasteiger partial charge in [0.15, 0.2) is 0 Å². The fourth-order valence-corrected chi connectivity index (χ4v) is 1.06. The van der Waals surface area contributed by atoms with Crippen LogP contribution in [0.15, 0.2) is 11.1 Å². The predicted octanol–water partition coefficient (Wildman–Crippen LogP) is 0.637. The van der Waals surface area contributed by atoms with E-state index in [1.807, 2.05) is 13.8 Å². The third-order valence-electron chi connectivity index (χ3n) is 2.19. The summed E-state index contributed by atoms with van der Waals surface area (Å²) in [7, 11) is 5.44. The Hall–Kier alpha value is -0.725. The molecule has 0 saturated heterocycles. The van der Waals surface area contributed by atoms with Crippen LogP contribution in [0.2, 0.25) is 0 Å². The minimum atomic E-state index is -0.0509. The zero-order chi connectivity index (χ0) is 7.89. The van der Waals surface area contributed by atoms with Gasteiger partial charge in [-0.3, -0.25) is 4.79 Å². The predicted molar refractivity (Wildman–Crippen MR) is 40.4 cm³/mol. The third-order valence-corrected chi connectivity index (χ3v) is 2.19. The van der Waals surface area contributed by atoms with Gasteiger partial charge in [0.2, 0.25) is 13.9 Å². The van der Waals surface area contributed by atoms with Crippen LogP contribution in [0.4, 0.5) is 0 Å². The second kappa shape index (κ2) is 2.15. The topological polar surface area (TPSA) is 20.3 Å². The van der Waals surface area contributed by atoms with Gasteiger partial charge < -0.3 is 4.81 Å².